The zero-order chi connectivity index (χ0) is 22.5. The molecule has 0 aliphatic rings. The van der Waals surface area contributed by atoms with Crippen LogP contribution < -0.4 is 4.74 Å². The van der Waals surface area contributed by atoms with Crippen molar-refractivity contribution in [1.29, 1.82) is 0 Å². The van der Waals surface area contributed by atoms with Gasteiger partial charge in [0.15, 0.2) is 5.69 Å². The van der Waals surface area contributed by atoms with Gasteiger partial charge < -0.3 is 9.15 Å². The third-order valence-corrected chi connectivity index (χ3v) is 4.89. The molecule has 32 heavy (non-hydrogen) atoms. The summed E-state index contributed by atoms with van der Waals surface area (Å²) >= 11 is 0. The molecule has 0 saturated heterocycles. The van der Waals surface area contributed by atoms with Crippen molar-refractivity contribution in [1.82, 2.24) is 20.4 Å². The van der Waals surface area contributed by atoms with Crippen molar-refractivity contribution in [2.75, 3.05) is 0 Å². The van der Waals surface area contributed by atoms with Crippen LogP contribution >= 0.6 is 0 Å². The molecule has 6 nitrogen and oxygen atoms in total. The van der Waals surface area contributed by atoms with Gasteiger partial charge >= 0.3 is 0 Å². The fourth-order valence-corrected chi connectivity index (χ4v) is 3.56. The molecule has 0 aliphatic carbocycles. The molecule has 0 aliphatic heterocycles. The Morgan fingerprint density at radius 1 is 0.844 bits per heavy atom. The topological polar surface area (TPSA) is 73.9 Å². The van der Waals surface area contributed by atoms with Crippen LogP contribution in [0, 0.1) is 5.92 Å². The molecule has 0 amide bonds. The van der Waals surface area contributed by atoms with E-state index in [1.54, 1.807) is 0 Å². The molecule has 0 atom stereocenters. The van der Waals surface area contributed by atoms with E-state index in [0.717, 1.165) is 34.6 Å². The Labute approximate surface area is 188 Å². The maximum Gasteiger partial charge on any atom is 0.268 e. The second-order valence-electron chi connectivity index (χ2n) is 8.53. The van der Waals surface area contributed by atoms with Crippen LogP contribution in [0.1, 0.15) is 44.7 Å². The molecule has 0 fully saturated rings. The van der Waals surface area contributed by atoms with Gasteiger partial charge in [0.2, 0.25) is 5.89 Å². The average molecular weight is 429 g/mol. The van der Waals surface area contributed by atoms with E-state index in [9.17, 15) is 0 Å². The van der Waals surface area contributed by atoms with Gasteiger partial charge in [0, 0.05) is 5.56 Å². The number of aromatic nitrogens is 4. The van der Waals surface area contributed by atoms with Crippen molar-refractivity contribution < 1.29 is 9.15 Å². The van der Waals surface area contributed by atoms with Crippen molar-refractivity contribution in [3.05, 3.63) is 77.7 Å². The smallest absolute Gasteiger partial charge is 0.268 e. The molecule has 0 bridgehead atoms. The largest absolute Gasteiger partial charge is 0.490 e. The minimum absolute atomic E-state index is 0.0694. The summed E-state index contributed by atoms with van der Waals surface area (Å²) in [7, 11) is 0. The van der Waals surface area contributed by atoms with Crippen LogP contribution in [0.25, 0.3) is 22.8 Å². The van der Waals surface area contributed by atoms with Gasteiger partial charge in [0.25, 0.3) is 5.89 Å². The van der Waals surface area contributed by atoms with E-state index in [1.807, 2.05) is 68.4 Å². The second-order valence-corrected chi connectivity index (χ2v) is 8.53. The van der Waals surface area contributed by atoms with Crippen molar-refractivity contribution in [2.24, 2.45) is 5.92 Å². The first-order valence-electron chi connectivity index (χ1n) is 11.0. The Balaban J connectivity index is 1.69. The Morgan fingerprint density at radius 2 is 1.59 bits per heavy atom. The van der Waals surface area contributed by atoms with Crippen LogP contribution in [0.3, 0.4) is 0 Å². The monoisotopic (exact) mass is 428 g/mol. The van der Waals surface area contributed by atoms with E-state index in [-0.39, 0.29) is 6.10 Å². The van der Waals surface area contributed by atoms with Gasteiger partial charge in [-0.05, 0) is 55.5 Å². The molecule has 0 spiro atoms. The first-order chi connectivity index (χ1) is 15.5. The van der Waals surface area contributed by atoms with E-state index in [2.05, 4.69) is 40.3 Å². The molecule has 6 heteroatoms. The maximum absolute atomic E-state index is 5.99. The van der Waals surface area contributed by atoms with Crippen LogP contribution in [0.15, 0.2) is 65.1 Å². The lowest BCUT2D eigenvalue weighted by Gasteiger charge is -2.15. The summed E-state index contributed by atoms with van der Waals surface area (Å²) in [5, 5.41) is 17.5. The number of ether oxygens (including phenoxy) is 1. The van der Waals surface area contributed by atoms with Gasteiger partial charge in [-0.2, -0.15) is 0 Å². The molecule has 0 N–H and O–H groups in total. The Hall–Kier alpha value is -3.54. The summed E-state index contributed by atoms with van der Waals surface area (Å²) in [4.78, 5) is 0. The van der Waals surface area contributed by atoms with Crippen LogP contribution in [-0.4, -0.2) is 26.5 Å². The van der Waals surface area contributed by atoms with Crippen molar-refractivity contribution in [3.63, 3.8) is 0 Å². The zero-order valence-corrected chi connectivity index (χ0v) is 18.9. The molecule has 0 unspecified atom stereocenters. The second kappa shape index (κ2) is 9.73. The Morgan fingerprint density at radius 3 is 2.34 bits per heavy atom. The Bertz CT molecular complexity index is 1170. The van der Waals surface area contributed by atoms with E-state index >= 15 is 0 Å². The number of nitrogens with zero attached hydrogens (tertiary/aromatic N) is 4. The molecule has 4 rings (SSSR count). The lowest BCUT2D eigenvalue weighted by atomic mass is 9.99. The van der Waals surface area contributed by atoms with Crippen LogP contribution in [0.4, 0.5) is 0 Å². The highest BCUT2D eigenvalue weighted by Gasteiger charge is 2.19. The molecular formula is C26H28N4O2. The number of rotatable bonds is 8. The molecule has 2 aromatic heterocycles. The number of hydrogen-bond acceptors (Lipinski definition) is 6. The van der Waals surface area contributed by atoms with Gasteiger partial charge in [0.05, 0.1) is 18.2 Å². The van der Waals surface area contributed by atoms with Gasteiger partial charge in [0.1, 0.15) is 5.75 Å². The average Bonchev–Trinajstić information content (AvgIpc) is 3.22. The third kappa shape index (κ3) is 5.19. The summed E-state index contributed by atoms with van der Waals surface area (Å²) < 4.78 is 12.0. The Kier molecular flexibility index (Phi) is 6.59. The van der Waals surface area contributed by atoms with Gasteiger partial charge in [-0.3, -0.25) is 0 Å². The summed E-state index contributed by atoms with van der Waals surface area (Å²) in [5.41, 5.74) is 4.47. The highest BCUT2D eigenvalue weighted by atomic mass is 16.5. The highest BCUT2D eigenvalue weighted by molar-refractivity contribution is 5.69. The highest BCUT2D eigenvalue weighted by Crippen LogP contribution is 2.32. The molecule has 0 radical (unpaired) electrons. The minimum atomic E-state index is 0.0694. The summed E-state index contributed by atoms with van der Waals surface area (Å²) in [6, 6.07) is 20.0. The zero-order valence-electron chi connectivity index (χ0n) is 18.9. The first kappa shape index (κ1) is 21.7. The third-order valence-electron chi connectivity index (χ3n) is 4.89. The van der Waals surface area contributed by atoms with E-state index in [1.165, 1.54) is 0 Å². The van der Waals surface area contributed by atoms with Crippen molar-refractivity contribution >= 4 is 0 Å². The van der Waals surface area contributed by atoms with Gasteiger partial charge in [-0.15, -0.1) is 20.4 Å². The fraction of sp³-hybridized carbons (Fsp3) is 0.308. The predicted octanol–water partition coefficient (Wildman–Crippen LogP) is 5.77. The first-order valence-corrected chi connectivity index (χ1v) is 11.0. The minimum Gasteiger partial charge on any atom is -0.490 e. The van der Waals surface area contributed by atoms with E-state index < -0.39 is 0 Å². The predicted molar refractivity (Wildman–Crippen MR) is 124 cm³/mol. The van der Waals surface area contributed by atoms with Gasteiger partial charge in [-0.1, -0.05) is 56.3 Å². The molecule has 2 heterocycles. The fourth-order valence-electron chi connectivity index (χ4n) is 3.56. The van der Waals surface area contributed by atoms with Crippen molar-refractivity contribution in [3.8, 4) is 28.6 Å². The standard InChI is InChI=1S/C26H28N4O2/c1-17(2)14-20-16-22(21-12-8-9-13-23(21)31-18(3)4)27-29-25(20)26-30-28-24(32-26)15-19-10-6-5-7-11-19/h5-13,16-18H,14-15H2,1-4H3. The molecule has 164 valence electrons. The normalized spacial score (nSPS) is 11.3. The van der Waals surface area contributed by atoms with Crippen LogP contribution in [-0.2, 0) is 12.8 Å². The molecular weight excluding hydrogens is 400 g/mol. The van der Waals surface area contributed by atoms with Crippen LogP contribution in [0.2, 0.25) is 0 Å². The lowest BCUT2D eigenvalue weighted by Crippen LogP contribution is -2.07. The number of hydrogen-bond donors (Lipinski definition) is 0. The summed E-state index contributed by atoms with van der Waals surface area (Å²) in [5.74, 6) is 2.18. The van der Waals surface area contributed by atoms with E-state index in [4.69, 9.17) is 9.15 Å². The van der Waals surface area contributed by atoms with Gasteiger partial charge in [-0.25, -0.2) is 0 Å². The summed E-state index contributed by atoms with van der Waals surface area (Å²) in [6.45, 7) is 8.37. The molecule has 0 saturated carbocycles. The number of benzene rings is 2. The summed E-state index contributed by atoms with van der Waals surface area (Å²) in [6.07, 6.45) is 1.47. The van der Waals surface area contributed by atoms with E-state index in [0.29, 0.717) is 29.8 Å². The van der Waals surface area contributed by atoms with Crippen molar-refractivity contribution in [2.45, 2.75) is 46.6 Å². The quantitative estimate of drug-likeness (QED) is 0.355. The molecule has 2 aromatic carbocycles. The SMILES string of the molecule is CC(C)Cc1cc(-c2ccccc2OC(C)C)nnc1-c1nnc(Cc2ccccc2)o1. The van der Waals surface area contributed by atoms with Crippen LogP contribution in [0.5, 0.6) is 5.75 Å². The maximum atomic E-state index is 5.99. The number of para-hydroxylation sites is 1. The lowest BCUT2D eigenvalue weighted by molar-refractivity contribution is 0.243. The molecule has 4 aromatic rings.